The number of rotatable bonds is 38. The van der Waals surface area contributed by atoms with Gasteiger partial charge in [-0.1, -0.05) is 226 Å². The van der Waals surface area contributed by atoms with Crippen molar-refractivity contribution < 1.29 is 24.6 Å². The van der Waals surface area contributed by atoms with Gasteiger partial charge in [0.15, 0.2) is 17.4 Å². The van der Waals surface area contributed by atoms with E-state index in [0.717, 1.165) is 32.1 Å². The van der Waals surface area contributed by atoms with E-state index in [1.165, 1.54) is 193 Å². The van der Waals surface area contributed by atoms with Crippen molar-refractivity contribution >= 4 is 62.5 Å². The Labute approximate surface area is 362 Å². The van der Waals surface area contributed by atoms with Gasteiger partial charge in [-0.3, -0.25) is 14.4 Å². The Bertz CT molecular complexity index is 654. The molecule has 53 heavy (non-hydrogen) atoms. The third-order valence-electron chi connectivity index (χ3n) is 9.77. The van der Waals surface area contributed by atoms with Gasteiger partial charge < -0.3 is 15.5 Å². The van der Waals surface area contributed by atoms with Crippen molar-refractivity contribution in [2.45, 2.75) is 265 Å². The SMILES string of the molecule is CCCCCCCC(=O)NC.CCCCCCCCCCCCCCCCCC(=O)O.CCCCCCCCCCCCCCCCCC(=O)O.[AlH3].[PbH2]. The number of carboxylic acids is 2. The first-order chi connectivity index (χ1) is 24.8. The van der Waals surface area contributed by atoms with Crippen molar-refractivity contribution in [1.29, 1.82) is 0 Å². The van der Waals surface area contributed by atoms with Crippen molar-refractivity contribution in [2.24, 2.45) is 0 Å². The molecule has 0 aromatic carbocycles. The van der Waals surface area contributed by atoms with Crippen LogP contribution in [-0.4, -0.2) is 79.8 Å². The Kier molecular flexibility index (Phi) is 68.6. The molecule has 0 saturated carbocycles. The Morgan fingerprint density at radius 2 is 0.509 bits per heavy atom. The summed E-state index contributed by atoms with van der Waals surface area (Å²) in [4.78, 5) is 31.4. The molecule has 0 bridgehead atoms. The molecule has 0 atom stereocenters. The zero-order chi connectivity index (χ0) is 38.3. The fourth-order valence-corrected chi connectivity index (χ4v) is 6.31. The fourth-order valence-electron chi connectivity index (χ4n) is 6.31. The molecule has 3 N–H and O–H groups in total. The molecule has 0 fully saturated rings. The molecule has 0 heterocycles. The van der Waals surface area contributed by atoms with Gasteiger partial charge in [0.05, 0.1) is 0 Å². The van der Waals surface area contributed by atoms with E-state index in [4.69, 9.17) is 10.2 Å². The molecule has 0 aliphatic carbocycles. The van der Waals surface area contributed by atoms with Crippen molar-refractivity contribution in [3.05, 3.63) is 0 Å². The molecule has 0 aliphatic heterocycles. The van der Waals surface area contributed by atoms with Crippen LogP contribution >= 0.6 is 0 Å². The van der Waals surface area contributed by atoms with Crippen molar-refractivity contribution in [3.8, 4) is 0 Å². The number of carboxylic acid groups (broad SMARTS) is 2. The fraction of sp³-hybridized carbons (Fsp3) is 0.933. The van der Waals surface area contributed by atoms with Crippen LogP contribution in [0.1, 0.15) is 265 Å². The van der Waals surface area contributed by atoms with Crippen LogP contribution in [0.25, 0.3) is 0 Å². The first-order valence-corrected chi connectivity index (χ1v) is 22.5. The van der Waals surface area contributed by atoms with Crippen LogP contribution < -0.4 is 5.32 Å². The minimum atomic E-state index is -0.653. The topological polar surface area (TPSA) is 104 Å². The Hall–Kier alpha value is -0.135. The Balaban J connectivity index is -0.000000222. The molecular formula is C45H96AlNO5Pb. The molecule has 318 valence electrons. The molecule has 0 unspecified atom stereocenters. The molecule has 0 saturated heterocycles. The molecule has 0 aliphatic rings. The van der Waals surface area contributed by atoms with Gasteiger partial charge in [0.25, 0.3) is 0 Å². The summed E-state index contributed by atoms with van der Waals surface area (Å²) in [5.41, 5.74) is 0. The van der Waals surface area contributed by atoms with Crippen LogP contribution in [0.4, 0.5) is 0 Å². The van der Waals surface area contributed by atoms with Gasteiger partial charge >= 0.3 is 39.2 Å². The molecule has 0 rings (SSSR count). The number of hydrogen-bond donors (Lipinski definition) is 3. The van der Waals surface area contributed by atoms with Gasteiger partial charge in [0.2, 0.25) is 5.91 Å². The van der Waals surface area contributed by atoms with Gasteiger partial charge in [-0.2, -0.15) is 0 Å². The molecule has 0 aromatic rings. The maximum atomic E-state index is 10.7. The molecule has 1 amide bonds. The van der Waals surface area contributed by atoms with Gasteiger partial charge in [-0.25, -0.2) is 0 Å². The molecule has 2 radical (unpaired) electrons. The van der Waals surface area contributed by atoms with E-state index < -0.39 is 11.9 Å². The van der Waals surface area contributed by atoms with Crippen LogP contribution in [0, 0.1) is 0 Å². The summed E-state index contributed by atoms with van der Waals surface area (Å²) in [5, 5.41) is 19.7. The number of amides is 1. The van der Waals surface area contributed by atoms with Crippen molar-refractivity contribution in [3.63, 3.8) is 0 Å². The summed E-state index contributed by atoms with van der Waals surface area (Å²) in [6, 6.07) is 0. The van der Waals surface area contributed by atoms with E-state index in [9.17, 15) is 14.4 Å². The minimum absolute atomic E-state index is 0. The summed E-state index contributed by atoms with van der Waals surface area (Å²) in [6.07, 6.45) is 47.2. The second kappa shape index (κ2) is 58.6. The summed E-state index contributed by atoms with van der Waals surface area (Å²) >= 11 is 0. The van der Waals surface area contributed by atoms with E-state index in [-0.39, 0.29) is 50.6 Å². The molecule has 0 spiro atoms. The number of aliphatic carboxylic acids is 2. The van der Waals surface area contributed by atoms with Crippen LogP contribution in [0.15, 0.2) is 0 Å². The average molecular weight is 965 g/mol. The number of hydrogen-bond acceptors (Lipinski definition) is 3. The predicted octanol–water partition coefficient (Wildman–Crippen LogP) is 12.7. The maximum absolute atomic E-state index is 10.7. The van der Waals surface area contributed by atoms with Gasteiger partial charge in [-0.05, 0) is 19.3 Å². The van der Waals surface area contributed by atoms with E-state index in [1.54, 1.807) is 7.05 Å². The standard InChI is InChI=1S/2C18H36O2.C9H19NO.Al.Pb.5H/c2*1-2-3-4-5-6-7-8-9-10-11-12-13-14-15-16-17-18(19)20;1-3-4-5-6-7-8-9(11)10-2;;;;;;;/h2*2-17H2,1H3,(H,19,20);3-8H2,1-2H3,(H,10,11);;;;;;;. The van der Waals surface area contributed by atoms with E-state index >= 15 is 0 Å². The van der Waals surface area contributed by atoms with Crippen LogP contribution in [0.5, 0.6) is 0 Å². The Morgan fingerprint density at radius 3 is 0.679 bits per heavy atom. The number of unbranched alkanes of at least 4 members (excludes halogenated alkanes) is 32. The van der Waals surface area contributed by atoms with Gasteiger partial charge in [0, 0.05) is 26.3 Å². The van der Waals surface area contributed by atoms with Crippen LogP contribution in [0.2, 0.25) is 0 Å². The first-order valence-electron chi connectivity index (χ1n) is 22.5. The zero-order valence-electron chi connectivity index (χ0n) is 35.7. The second-order valence-electron chi connectivity index (χ2n) is 15.0. The van der Waals surface area contributed by atoms with Gasteiger partial charge in [-0.15, -0.1) is 0 Å². The predicted molar refractivity (Wildman–Crippen MR) is 240 cm³/mol. The quantitative estimate of drug-likeness (QED) is 0.0422. The van der Waals surface area contributed by atoms with Crippen LogP contribution in [0.3, 0.4) is 0 Å². The van der Waals surface area contributed by atoms with E-state index in [0.29, 0.717) is 19.3 Å². The summed E-state index contributed by atoms with van der Waals surface area (Å²) in [6.45, 7) is 6.73. The normalized spacial score (nSPS) is 10.2. The average Bonchev–Trinajstić information content (AvgIpc) is 3.11. The summed E-state index contributed by atoms with van der Waals surface area (Å²) in [7, 11) is 1.69. The Morgan fingerprint density at radius 1 is 0.340 bits per heavy atom. The zero-order valence-corrected chi connectivity index (χ0v) is 41.2. The first kappa shape index (κ1) is 62.1. The molecular weight excluding hydrogens is 869 g/mol. The van der Waals surface area contributed by atoms with Crippen molar-refractivity contribution in [1.82, 2.24) is 5.32 Å². The monoisotopic (exact) mass is 966 g/mol. The van der Waals surface area contributed by atoms with Gasteiger partial charge in [0.1, 0.15) is 0 Å². The van der Waals surface area contributed by atoms with E-state index in [1.807, 2.05) is 0 Å². The van der Waals surface area contributed by atoms with Crippen molar-refractivity contribution in [2.75, 3.05) is 7.05 Å². The van der Waals surface area contributed by atoms with Crippen LogP contribution in [-0.2, 0) is 14.4 Å². The number of carbonyl (C=O) groups is 3. The number of carbonyl (C=O) groups excluding carboxylic acids is 1. The summed E-state index contributed by atoms with van der Waals surface area (Å²) < 4.78 is 0. The number of nitrogens with one attached hydrogen (secondary N) is 1. The molecule has 0 aromatic heterocycles. The second-order valence-corrected chi connectivity index (χ2v) is 15.0. The van der Waals surface area contributed by atoms with E-state index in [2.05, 4.69) is 26.1 Å². The molecule has 8 heteroatoms. The third-order valence-corrected chi connectivity index (χ3v) is 9.77. The molecule has 6 nitrogen and oxygen atoms in total. The third kappa shape index (κ3) is 70.2. The summed E-state index contributed by atoms with van der Waals surface area (Å²) in [5.74, 6) is -1.14.